The average Bonchev–Trinajstić information content (AvgIpc) is 2.63. The number of nitrogens with two attached hydrogens (primary N) is 1. The summed E-state index contributed by atoms with van der Waals surface area (Å²) in [5.74, 6) is 1.75. The number of benzene rings is 2. The van der Waals surface area contributed by atoms with E-state index in [1.54, 1.807) is 13.3 Å². The molecular formula is C22H27N3O. The molecule has 0 saturated heterocycles. The molecule has 0 aliphatic carbocycles. The summed E-state index contributed by atoms with van der Waals surface area (Å²) in [7, 11) is 1.70. The molecule has 0 aliphatic rings. The maximum Gasteiger partial charge on any atom is 0.127 e. The number of aliphatic imine (C=N–C) groups is 2. The minimum atomic E-state index is 0.712. The summed E-state index contributed by atoms with van der Waals surface area (Å²) in [6.07, 6.45) is 3.18. The Morgan fingerprint density at radius 3 is 2.08 bits per heavy atom. The van der Waals surface area contributed by atoms with Crippen molar-refractivity contribution in [3.05, 3.63) is 84.2 Å². The fourth-order valence-corrected chi connectivity index (χ4v) is 2.05. The van der Waals surface area contributed by atoms with Gasteiger partial charge in [-0.05, 0) is 45.0 Å². The Morgan fingerprint density at radius 2 is 1.58 bits per heavy atom. The normalized spacial score (nSPS) is 12.1. The van der Waals surface area contributed by atoms with E-state index in [9.17, 15) is 0 Å². The lowest BCUT2D eigenvalue weighted by atomic mass is 10.1. The molecule has 4 nitrogen and oxygen atoms in total. The third kappa shape index (κ3) is 7.62. The first-order chi connectivity index (χ1) is 12.5. The fourth-order valence-electron chi connectivity index (χ4n) is 2.05. The van der Waals surface area contributed by atoms with Crippen LogP contribution in [0.4, 0.5) is 0 Å². The summed E-state index contributed by atoms with van der Waals surface area (Å²) >= 11 is 0. The smallest absolute Gasteiger partial charge is 0.127 e. The predicted molar refractivity (Wildman–Crippen MR) is 112 cm³/mol. The van der Waals surface area contributed by atoms with Crippen LogP contribution in [0.25, 0.3) is 0 Å². The second-order valence-electron chi connectivity index (χ2n) is 5.61. The van der Waals surface area contributed by atoms with E-state index in [2.05, 4.69) is 23.5 Å². The van der Waals surface area contributed by atoms with Gasteiger partial charge in [0.15, 0.2) is 0 Å². The van der Waals surface area contributed by atoms with Crippen LogP contribution in [0.2, 0.25) is 0 Å². The first-order valence-corrected chi connectivity index (χ1v) is 8.31. The molecule has 0 heterocycles. The molecule has 0 atom stereocenters. The Bertz CT molecular complexity index is 769. The summed E-state index contributed by atoms with van der Waals surface area (Å²) in [6.45, 7) is 9.26. The van der Waals surface area contributed by atoms with Crippen LogP contribution in [-0.4, -0.2) is 19.0 Å². The molecular weight excluding hydrogens is 322 g/mol. The van der Waals surface area contributed by atoms with E-state index < -0.39 is 0 Å². The Labute approximate surface area is 156 Å². The molecule has 136 valence electrons. The van der Waals surface area contributed by atoms with Gasteiger partial charge in [-0.25, -0.2) is 0 Å². The Hall–Kier alpha value is -3.14. The number of para-hydroxylation sites is 1. The molecule has 26 heavy (non-hydrogen) atoms. The van der Waals surface area contributed by atoms with Gasteiger partial charge in [0.1, 0.15) is 11.5 Å². The van der Waals surface area contributed by atoms with Crippen molar-refractivity contribution in [2.75, 3.05) is 7.05 Å². The largest absolute Gasteiger partial charge is 0.457 e. The molecule has 0 aromatic heterocycles. The van der Waals surface area contributed by atoms with Crippen LogP contribution in [0.3, 0.4) is 0 Å². The molecule has 0 aliphatic heterocycles. The van der Waals surface area contributed by atoms with Crippen molar-refractivity contribution in [3.63, 3.8) is 0 Å². The molecule has 0 unspecified atom stereocenters. The highest BCUT2D eigenvalue weighted by Gasteiger charge is 1.99. The zero-order valence-electron chi connectivity index (χ0n) is 15.9. The van der Waals surface area contributed by atoms with Crippen LogP contribution in [0.5, 0.6) is 11.5 Å². The molecule has 2 aromatic rings. The molecule has 0 bridgehead atoms. The van der Waals surface area contributed by atoms with Crippen LogP contribution in [0.15, 0.2) is 88.6 Å². The molecule has 2 aromatic carbocycles. The van der Waals surface area contributed by atoms with Crippen molar-refractivity contribution in [2.24, 2.45) is 15.7 Å². The summed E-state index contributed by atoms with van der Waals surface area (Å²) in [4.78, 5) is 7.90. The molecule has 2 N–H and O–H groups in total. The number of allylic oxidation sites excluding steroid dienone is 2. The number of hydrogen-bond acceptors (Lipinski definition) is 4. The summed E-state index contributed by atoms with van der Waals surface area (Å²) in [5, 5.41) is 0. The van der Waals surface area contributed by atoms with Gasteiger partial charge in [-0.2, -0.15) is 0 Å². The van der Waals surface area contributed by atoms with Crippen molar-refractivity contribution in [1.29, 1.82) is 0 Å². The number of hydrogen-bond donors (Lipinski definition) is 1. The molecule has 4 heteroatoms. The highest BCUT2D eigenvalue weighted by Crippen LogP contribution is 2.20. The highest BCUT2D eigenvalue weighted by atomic mass is 16.5. The second-order valence-corrected chi connectivity index (χ2v) is 5.61. The van der Waals surface area contributed by atoms with E-state index in [0.29, 0.717) is 5.70 Å². The van der Waals surface area contributed by atoms with Gasteiger partial charge in [0.2, 0.25) is 0 Å². The highest BCUT2D eigenvalue weighted by molar-refractivity contribution is 6.15. The van der Waals surface area contributed by atoms with Crippen LogP contribution in [0.1, 0.15) is 19.4 Å². The lowest BCUT2D eigenvalue weighted by Crippen LogP contribution is -2.07. The molecule has 2 rings (SSSR count). The number of ether oxygens (including phenoxy) is 1. The third-order valence-electron chi connectivity index (χ3n) is 3.36. The van der Waals surface area contributed by atoms with Crippen molar-refractivity contribution in [3.8, 4) is 11.5 Å². The van der Waals surface area contributed by atoms with Gasteiger partial charge in [-0.1, -0.05) is 42.5 Å². The van der Waals surface area contributed by atoms with E-state index in [0.717, 1.165) is 22.8 Å². The molecule has 0 radical (unpaired) electrons. The van der Waals surface area contributed by atoms with E-state index in [-0.39, 0.29) is 0 Å². The Morgan fingerprint density at radius 1 is 1.00 bits per heavy atom. The van der Waals surface area contributed by atoms with Gasteiger partial charge in [0, 0.05) is 36.4 Å². The monoisotopic (exact) mass is 349 g/mol. The van der Waals surface area contributed by atoms with Crippen molar-refractivity contribution in [1.82, 2.24) is 0 Å². The predicted octanol–water partition coefficient (Wildman–Crippen LogP) is 5.31. The first-order valence-electron chi connectivity index (χ1n) is 8.31. The second kappa shape index (κ2) is 11.4. The van der Waals surface area contributed by atoms with Gasteiger partial charge in [-0.15, -0.1) is 0 Å². The maximum atomic E-state index is 5.63. The third-order valence-corrected chi connectivity index (χ3v) is 3.36. The van der Waals surface area contributed by atoms with Crippen LogP contribution < -0.4 is 10.5 Å². The van der Waals surface area contributed by atoms with Gasteiger partial charge in [-0.3, -0.25) is 9.98 Å². The van der Waals surface area contributed by atoms with Crippen molar-refractivity contribution >= 4 is 11.9 Å². The van der Waals surface area contributed by atoms with Crippen molar-refractivity contribution in [2.45, 2.75) is 20.8 Å². The minimum absolute atomic E-state index is 0.712. The fraction of sp³-hybridized carbons (Fsp3) is 0.182. The quantitative estimate of drug-likeness (QED) is 0.743. The van der Waals surface area contributed by atoms with Crippen LogP contribution >= 0.6 is 0 Å². The van der Waals surface area contributed by atoms with Gasteiger partial charge in [0.25, 0.3) is 0 Å². The van der Waals surface area contributed by atoms with E-state index in [4.69, 9.17) is 10.5 Å². The summed E-state index contributed by atoms with van der Waals surface area (Å²) < 4.78 is 5.63. The number of nitrogens with zero attached hydrogens (tertiary/aromatic N) is 2. The standard InChI is InChI=1S/C13H12O.C9H15N3/c1-11-7-9-13(10-8-11)14-12-5-3-2-4-6-12;1-5-12-8(3)9(6-11-4)7(2)10/h2-10H,1H3;5-6H,1,10H2,2-4H3/b;9-7+,11-6?,12-8?. The number of aryl methyl sites for hydroxylation is 1. The van der Waals surface area contributed by atoms with Crippen LogP contribution in [0, 0.1) is 6.92 Å². The Balaban J connectivity index is 0.000000265. The zero-order valence-corrected chi connectivity index (χ0v) is 15.9. The SMILES string of the molecule is C=CN=C(C)/C(C=NC)=C(\C)N.Cc1ccc(Oc2ccccc2)cc1. The first kappa shape index (κ1) is 20.9. The zero-order chi connectivity index (χ0) is 19.4. The lowest BCUT2D eigenvalue weighted by molar-refractivity contribution is 0.482. The van der Waals surface area contributed by atoms with Gasteiger partial charge >= 0.3 is 0 Å². The van der Waals surface area contributed by atoms with Gasteiger partial charge in [0.05, 0.1) is 0 Å². The van der Waals surface area contributed by atoms with E-state index in [1.165, 1.54) is 11.8 Å². The van der Waals surface area contributed by atoms with Gasteiger partial charge < -0.3 is 10.5 Å². The van der Waals surface area contributed by atoms with E-state index in [1.807, 2.05) is 68.4 Å². The van der Waals surface area contributed by atoms with Crippen molar-refractivity contribution < 1.29 is 4.74 Å². The average molecular weight is 349 g/mol. The molecule has 0 spiro atoms. The Kier molecular flexibility index (Phi) is 9.18. The minimum Gasteiger partial charge on any atom is -0.457 e. The topological polar surface area (TPSA) is 60.0 Å². The maximum absolute atomic E-state index is 5.63. The summed E-state index contributed by atoms with van der Waals surface area (Å²) in [5.41, 5.74) is 9.27. The van der Waals surface area contributed by atoms with E-state index >= 15 is 0 Å². The lowest BCUT2D eigenvalue weighted by Gasteiger charge is -2.04. The van der Waals surface area contributed by atoms with Crippen LogP contribution in [-0.2, 0) is 0 Å². The number of rotatable bonds is 5. The molecule has 0 saturated carbocycles. The molecule has 0 amide bonds. The summed E-state index contributed by atoms with van der Waals surface area (Å²) in [6, 6.07) is 17.8. The molecule has 0 fully saturated rings.